The van der Waals surface area contributed by atoms with E-state index in [9.17, 15) is 0 Å². The molecular weight excluding hydrogens is 164 g/mol. The van der Waals surface area contributed by atoms with E-state index in [2.05, 4.69) is 10.4 Å². The van der Waals surface area contributed by atoms with Gasteiger partial charge in [0.25, 0.3) is 0 Å². The highest BCUT2D eigenvalue weighted by Gasteiger charge is 1.96. The van der Waals surface area contributed by atoms with E-state index in [1.807, 2.05) is 24.0 Å². The van der Waals surface area contributed by atoms with Crippen molar-refractivity contribution in [2.24, 2.45) is 12.8 Å². The van der Waals surface area contributed by atoms with Gasteiger partial charge in [-0.05, 0) is 32.0 Å². The van der Waals surface area contributed by atoms with Crippen LogP contribution in [0, 0.1) is 0 Å². The predicted molar refractivity (Wildman–Crippen MR) is 53.2 cm³/mol. The van der Waals surface area contributed by atoms with Crippen LogP contribution in [-0.2, 0) is 13.6 Å². The van der Waals surface area contributed by atoms with E-state index in [-0.39, 0.29) is 0 Å². The molecule has 0 aliphatic heterocycles. The average molecular weight is 182 g/mol. The zero-order valence-electron chi connectivity index (χ0n) is 8.16. The summed E-state index contributed by atoms with van der Waals surface area (Å²) in [5.41, 5.74) is 6.60. The maximum absolute atomic E-state index is 5.39. The van der Waals surface area contributed by atoms with Crippen molar-refractivity contribution < 1.29 is 0 Å². The Bertz CT molecular complexity index is 231. The highest BCUT2D eigenvalue weighted by Crippen LogP contribution is 1.94. The van der Waals surface area contributed by atoms with Crippen molar-refractivity contribution in [1.29, 1.82) is 0 Å². The number of aryl methyl sites for hydroxylation is 1. The fourth-order valence-electron chi connectivity index (χ4n) is 1.19. The third-order valence-corrected chi connectivity index (χ3v) is 2.04. The van der Waals surface area contributed by atoms with Gasteiger partial charge in [-0.3, -0.25) is 4.68 Å². The largest absolute Gasteiger partial charge is 0.330 e. The van der Waals surface area contributed by atoms with Crippen molar-refractivity contribution in [3.8, 4) is 0 Å². The summed E-state index contributed by atoms with van der Waals surface area (Å²) in [7, 11) is 1.96. The minimum Gasteiger partial charge on any atom is -0.330 e. The molecule has 13 heavy (non-hydrogen) atoms. The first-order valence-corrected chi connectivity index (χ1v) is 4.72. The molecule has 74 valence electrons. The molecule has 1 aromatic rings. The van der Waals surface area contributed by atoms with Gasteiger partial charge in [0.2, 0.25) is 0 Å². The fourth-order valence-corrected chi connectivity index (χ4v) is 1.19. The Hall–Kier alpha value is -0.870. The quantitative estimate of drug-likeness (QED) is 0.620. The van der Waals surface area contributed by atoms with Crippen LogP contribution in [-0.4, -0.2) is 22.9 Å². The number of rotatable bonds is 6. The van der Waals surface area contributed by atoms with Crippen LogP contribution in [0.15, 0.2) is 12.3 Å². The lowest BCUT2D eigenvalue weighted by atomic mass is 10.3. The molecule has 0 fully saturated rings. The van der Waals surface area contributed by atoms with E-state index in [4.69, 9.17) is 5.73 Å². The lowest BCUT2D eigenvalue weighted by Gasteiger charge is -2.04. The molecule has 0 aromatic carbocycles. The Kier molecular flexibility index (Phi) is 4.49. The standard InChI is InChI=1S/C9H18N4/c1-13-9(4-7-12-13)8-11-6-3-2-5-10/h4,7,11H,2-3,5-6,8,10H2,1H3. The SMILES string of the molecule is Cn1nccc1CNCCCCN. The van der Waals surface area contributed by atoms with Gasteiger partial charge >= 0.3 is 0 Å². The van der Waals surface area contributed by atoms with Crippen molar-refractivity contribution in [2.45, 2.75) is 19.4 Å². The summed E-state index contributed by atoms with van der Waals surface area (Å²) in [6.07, 6.45) is 4.06. The fraction of sp³-hybridized carbons (Fsp3) is 0.667. The predicted octanol–water partition coefficient (Wildman–Crippen LogP) is 0.249. The normalized spacial score (nSPS) is 10.6. The van der Waals surface area contributed by atoms with Gasteiger partial charge in [0, 0.05) is 19.8 Å². The van der Waals surface area contributed by atoms with Gasteiger partial charge in [-0.15, -0.1) is 0 Å². The van der Waals surface area contributed by atoms with Crippen molar-refractivity contribution in [3.05, 3.63) is 18.0 Å². The number of hydrogen-bond donors (Lipinski definition) is 2. The zero-order chi connectivity index (χ0) is 9.52. The molecule has 4 nitrogen and oxygen atoms in total. The Morgan fingerprint density at radius 2 is 2.38 bits per heavy atom. The third-order valence-electron chi connectivity index (χ3n) is 2.04. The maximum atomic E-state index is 5.39. The van der Waals surface area contributed by atoms with E-state index in [0.29, 0.717) is 0 Å². The molecule has 0 aliphatic carbocycles. The van der Waals surface area contributed by atoms with Gasteiger partial charge < -0.3 is 11.1 Å². The summed E-state index contributed by atoms with van der Waals surface area (Å²) in [6, 6.07) is 2.02. The lowest BCUT2D eigenvalue weighted by Crippen LogP contribution is -2.17. The number of nitrogens with two attached hydrogens (primary N) is 1. The van der Waals surface area contributed by atoms with Crippen LogP contribution in [0.1, 0.15) is 18.5 Å². The van der Waals surface area contributed by atoms with Crippen LogP contribution < -0.4 is 11.1 Å². The second kappa shape index (κ2) is 5.72. The second-order valence-electron chi connectivity index (χ2n) is 3.12. The average Bonchev–Trinajstić information content (AvgIpc) is 2.52. The summed E-state index contributed by atoms with van der Waals surface area (Å²) in [5, 5.41) is 7.44. The van der Waals surface area contributed by atoms with Crippen molar-refractivity contribution >= 4 is 0 Å². The van der Waals surface area contributed by atoms with Crippen molar-refractivity contribution in [3.63, 3.8) is 0 Å². The zero-order valence-corrected chi connectivity index (χ0v) is 8.16. The van der Waals surface area contributed by atoms with Gasteiger partial charge in [-0.25, -0.2) is 0 Å². The molecule has 1 heterocycles. The lowest BCUT2D eigenvalue weighted by molar-refractivity contribution is 0.595. The molecule has 0 bridgehead atoms. The monoisotopic (exact) mass is 182 g/mol. The second-order valence-corrected chi connectivity index (χ2v) is 3.12. The molecule has 0 atom stereocenters. The van der Waals surface area contributed by atoms with Crippen LogP contribution in [0.5, 0.6) is 0 Å². The molecule has 3 N–H and O–H groups in total. The number of nitrogens with one attached hydrogen (secondary N) is 1. The Morgan fingerprint density at radius 1 is 1.54 bits per heavy atom. The first-order chi connectivity index (χ1) is 6.34. The molecule has 0 saturated heterocycles. The first kappa shape index (κ1) is 10.2. The summed E-state index contributed by atoms with van der Waals surface area (Å²) >= 11 is 0. The highest BCUT2D eigenvalue weighted by molar-refractivity contribution is 4.98. The van der Waals surface area contributed by atoms with Crippen molar-refractivity contribution in [1.82, 2.24) is 15.1 Å². The van der Waals surface area contributed by atoms with E-state index >= 15 is 0 Å². The number of hydrogen-bond acceptors (Lipinski definition) is 3. The summed E-state index contributed by atoms with van der Waals surface area (Å²) in [4.78, 5) is 0. The molecule has 1 rings (SSSR count). The van der Waals surface area contributed by atoms with E-state index in [1.165, 1.54) is 5.69 Å². The molecule has 0 spiro atoms. The maximum Gasteiger partial charge on any atom is 0.0518 e. The van der Waals surface area contributed by atoms with Crippen LogP contribution in [0.25, 0.3) is 0 Å². The minimum absolute atomic E-state index is 0.785. The van der Waals surface area contributed by atoms with Crippen LogP contribution in [0.4, 0.5) is 0 Å². The number of unbranched alkanes of at least 4 members (excludes halogenated alkanes) is 1. The minimum atomic E-state index is 0.785. The molecule has 0 radical (unpaired) electrons. The molecule has 0 amide bonds. The topological polar surface area (TPSA) is 55.9 Å². The van der Waals surface area contributed by atoms with Gasteiger partial charge in [0.1, 0.15) is 0 Å². The Morgan fingerprint density at radius 3 is 3.00 bits per heavy atom. The summed E-state index contributed by atoms with van der Waals surface area (Å²) in [6.45, 7) is 2.71. The van der Waals surface area contributed by atoms with Gasteiger partial charge in [-0.1, -0.05) is 0 Å². The smallest absolute Gasteiger partial charge is 0.0518 e. The molecule has 0 unspecified atom stereocenters. The highest BCUT2D eigenvalue weighted by atomic mass is 15.3. The van der Waals surface area contributed by atoms with E-state index in [0.717, 1.165) is 32.5 Å². The molecule has 1 aromatic heterocycles. The summed E-state index contributed by atoms with van der Waals surface area (Å²) in [5.74, 6) is 0. The molecule has 0 saturated carbocycles. The third kappa shape index (κ3) is 3.57. The van der Waals surface area contributed by atoms with E-state index < -0.39 is 0 Å². The van der Waals surface area contributed by atoms with Gasteiger partial charge in [0.15, 0.2) is 0 Å². The van der Waals surface area contributed by atoms with E-state index in [1.54, 1.807) is 0 Å². The first-order valence-electron chi connectivity index (χ1n) is 4.72. The molecular formula is C9H18N4. The number of aromatic nitrogens is 2. The summed E-state index contributed by atoms with van der Waals surface area (Å²) < 4.78 is 1.88. The van der Waals surface area contributed by atoms with Gasteiger partial charge in [0.05, 0.1) is 5.69 Å². The van der Waals surface area contributed by atoms with Crippen LogP contribution >= 0.6 is 0 Å². The van der Waals surface area contributed by atoms with Crippen LogP contribution in [0.2, 0.25) is 0 Å². The molecule has 0 aliphatic rings. The number of nitrogens with zero attached hydrogens (tertiary/aromatic N) is 2. The Balaban J connectivity index is 2.10. The van der Waals surface area contributed by atoms with Crippen molar-refractivity contribution in [2.75, 3.05) is 13.1 Å². The molecule has 4 heteroatoms. The van der Waals surface area contributed by atoms with Crippen LogP contribution in [0.3, 0.4) is 0 Å². The van der Waals surface area contributed by atoms with Gasteiger partial charge in [-0.2, -0.15) is 5.10 Å². The Labute approximate surface area is 79.1 Å².